The van der Waals surface area contributed by atoms with Crippen LogP contribution in [0.2, 0.25) is 0 Å². The van der Waals surface area contributed by atoms with Crippen molar-refractivity contribution in [2.45, 2.75) is 13.3 Å². The van der Waals surface area contributed by atoms with E-state index in [0.717, 1.165) is 19.5 Å². The molecule has 2 N–H and O–H groups in total. The molecule has 2 nitrogen and oxygen atoms in total. The van der Waals surface area contributed by atoms with Gasteiger partial charge in [-0.25, -0.2) is 0 Å². The van der Waals surface area contributed by atoms with Crippen molar-refractivity contribution in [2.24, 2.45) is 5.73 Å². The van der Waals surface area contributed by atoms with Gasteiger partial charge >= 0.3 is 0 Å². The Hall–Kier alpha value is -1.02. The predicted octanol–water partition coefficient (Wildman–Crippen LogP) is 1.78. The molecule has 0 radical (unpaired) electrons. The molecule has 0 unspecified atom stereocenters. The first-order chi connectivity index (χ1) is 6.25. The molecule has 1 rings (SSSR count). The van der Waals surface area contributed by atoms with Crippen LogP contribution in [0.25, 0.3) is 0 Å². The van der Waals surface area contributed by atoms with Gasteiger partial charge in [0.05, 0.1) is 0 Å². The van der Waals surface area contributed by atoms with Gasteiger partial charge in [-0.2, -0.15) is 0 Å². The van der Waals surface area contributed by atoms with E-state index in [-0.39, 0.29) is 0 Å². The van der Waals surface area contributed by atoms with Crippen molar-refractivity contribution in [1.29, 1.82) is 0 Å². The lowest BCUT2D eigenvalue weighted by Crippen LogP contribution is -2.21. The molecule has 0 aliphatic rings. The van der Waals surface area contributed by atoms with Crippen LogP contribution < -0.4 is 10.6 Å². The van der Waals surface area contributed by atoms with Crippen molar-refractivity contribution in [3.05, 3.63) is 29.8 Å². The molecular formula is C11H18N2. The van der Waals surface area contributed by atoms with E-state index >= 15 is 0 Å². The Balaban J connectivity index is 2.65. The number of para-hydroxylation sites is 1. The number of rotatable bonds is 4. The van der Waals surface area contributed by atoms with Crippen molar-refractivity contribution in [3.8, 4) is 0 Å². The number of hydrogen-bond acceptors (Lipinski definition) is 2. The number of hydrogen-bond donors (Lipinski definition) is 1. The maximum absolute atomic E-state index is 5.47. The maximum atomic E-state index is 5.47. The highest BCUT2D eigenvalue weighted by atomic mass is 15.1. The normalized spacial score (nSPS) is 10.1. The Labute approximate surface area is 80.4 Å². The molecule has 0 fully saturated rings. The SMILES string of the molecule is Cc1ccccc1N(C)CCCN. The minimum atomic E-state index is 0.760. The Morgan fingerprint density at radius 1 is 1.31 bits per heavy atom. The highest BCUT2D eigenvalue weighted by Crippen LogP contribution is 2.17. The van der Waals surface area contributed by atoms with E-state index in [2.05, 4.69) is 43.1 Å². The molecule has 0 bridgehead atoms. The molecule has 0 aliphatic carbocycles. The van der Waals surface area contributed by atoms with E-state index in [1.165, 1.54) is 11.3 Å². The molecule has 1 aromatic rings. The topological polar surface area (TPSA) is 29.3 Å². The molecule has 2 heteroatoms. The summed E-state index contributed by atoms with van der Waals surface area (Å²) in [6.45, 7) is 3.92. The highest BCUT2D eigenvalue weighted by Gasteiger charge is 2.01. The first-order valence-corrected chi connectivity index (χ1v) is 4.72. The summed E-state index contributed by atoms with van der Waals surface area (Å²) in [4.78, 5) is 2.25. The van der Waals surface area contributed by atoms with Crippen molar-refractivity contribution < 1.29 is 0 Å². The zero-order valence-electron chi connectivity index (χ0n) is 8.46. The van der Waals surface area contributed by atoms with E-state index in [0.29, 0.717) is 0 Å². The standard InChI is InChI=1S/C11H18N2/c1-10-6-3-4-7-11(10)13(2)9-5-8-12/h3-4,6-7H,5,8-9,12H2,1-2H3. The van der Waals surface area contributed by atoms with E-state index in [1.807, 2.05) is 0 Å². The van der Waals surface area contributed by atoms with Gasteiger partial charge in [0.1, 0.15) is 0 Å². The molecule has 0 aliphatic heterocycles. The number of nitrogens with two attached hydrogens (primary N) is 1. The fourth-order valence-corrected chi connectivity index (χ4v) is 1.44. The molecular weight excluding hydrogens is 160 g/mol. The van der Waals surface area contributed by atoms with Crippen LogP contribution in [0, 0.1) is 6.92 Å². The third-order valence-corrected chi connectivity index (χ3v) is 2.22. The van der Waals surface area contributed by atoms with Gasteiger partial charge in [-0.1, -0.05) is 18.2 Å². The Morgan fingerprint density at radius 3 is 2.62 bits per heavy atom. The third kappa shape index (κ3) is 2.74. The van der Waals surface area contributed by atoms with Crippen LogP contribution in [-0.4, -0.2) is 20.1 Å². The second kappa shape index (κ2) is 4.87. The lowest BCUT2D eigenvalue weighted by atomic mass is 10.2. The average Bonchev–Trinajstić information content (AvgIpc) is 2.15. The first-order valence-electron chi connectivity index (χ1n) is 4.72. The molecule has 0 amide bonds. The summed E-state index contributed by atoms with van der Waals surface area (Å²) in [5, 5.41) is 0. The highest BCUT2D eigenvalue weighted by molar-refractivity contribution is 5.52. The molecule has 0 atom stereocenters. The van der Waals surface area contributed by atoms with Crippen LogP contribution in [0.4, 0.5) is 5.69 Å². The van der Waals surface area contributed by atoms with Gasteiger partial charge in [-0.3, -0.25) is 0 Å². The van der Waals surface area contributed by atoms with E-state index < -0.39 is 0 Å². The molecule has 0 aromatic heterocycles. The lowest BCUT2D eigenvalue weighted by molar-refractivity contribution is 0.794. The lowest BCUT2D eigenvalue weighted by Gasteiger charge is -2.20. The quantitative estimate of drug-likeness (QED) is 0.761. The van der Waals surface area contributed by atoms with Gasteiger partial charge in [-0.05, 0) is 31.5 Å². The van der Waals surface area contributed by atoms with Crippen molar-refractivity contribution in [1.82, 2.24) is 0 Å². The van der Waals surface area contributed by atoms with Crippen molar-refractivity contribution in [3.63, 3.8) is 0 Å². The summed E-state index contributed by atoms with van der Waals surface area (Å²) in [5.74, 6) is 0. The molecule has 0 spiro atoms. The summed E-state index contributed by atoms with van der Waals surface area (Å²) in [6, 6.07) is 8.41. The van der Waals surface area contributed by atoms with Crippen molar-refractivity contribution >= 4 is 5.69 Å². The Bertz CT molecular complexity index is 258. The van der Waals surface area contributed by atoms with Crippen LogP contribution in [0.15, 0.2) is 24.3 Å². The maximum Gasteiger partial charge on any atom is 0.0393 e. The zero-order valence-corrected chi connectivity index (χ0v) is 8.46. The van der Waals surface area contributed by atoms with E-state index in [1.54, 1.807) is 0 Å². The minimum absolute atomic E-state index is 0.760. The number of nitrogens with zero attached hydrogens (tertiary/aromatic N) is 1. The van der Waals surface area contributed by atoms with Crippen molar-refractivity contribution in [2.75, 3.05) is 25.0 Å². The van der Waals surface area contributed by atoms with Crippen LogP contribution in [0.5, 0.6) is 0 Å². The van der Waals surface area contributed by atoms with Gasteiger partial charge in [0, 0.05) is 19.3 Å². The van der Waals surface area contributed by atoms with Crippen LogP contribution in [0.3, 0.4) is 0 Å². The summed E-state index contributed by atoms with van der Waals surface area (Å²) in [5.41, 5.74) is 8.09. The number of aryl methyl sites for hydroxylation is 1. The van der Waals surface area contributed by atoms with Gasteiger partial charge in [0.2, 0.25) is 0 Å². The fraction of sp³-hybridized carbons (Fsp3) is 0.455. The van der Waals surface area contributed by atoms with Crippen LogP contribution in [-0.2, 0) is 0 Å². The monoisotopic (exact) mass is 178 g/mol. The average molecular weight is 178 g/mol. The van der Waals surface area contributed by atoms with E-state index in [4.69, 9.17) is 5.73 Å². The van der Waals surface area contributed by atoms with Crippen LogP contribution >= 0.6 is 0 Å². The molecule has 13 heavy (non-hydrogen) atoms. The third-order valence-electron chi connectivity index (χ3n) is 2.22. The van der Waals surface area contributed by atoms with Gasteiger partial charge in [0.15, 0.2) is 0 Å². The summed E-state index contributed by atoms with van der Waals surface area (Å²) >= 11 is 0. The van der Waals surface area contributed by atoms with E-state index in [9.17, 15) is 0 Å². The molecule has 72 valence electrons. The number of anilines is 1. The largest absolute Gasteiger partial charge is 0.374 e. The summed E-state index contributed by atoms with van der Waals surface area (Å²) < 4.78 is 0. The molecule has 0 heterocycles. The summed E-state index contributed by atoms with van der Waals surface area (Å²) in [6.07, 6.45) is 1.05. The predicted molar refractivity (Wildman–Crippen MR) is 58.1 cm³/mol. The summed E-state index contributed by atoms with van der Waals surface area (Å²) in [7, 11) is 2.11. The Morgan fingerprint density at radius 2 is 2.00 bits per heavy atom. The fourth-order valence-electron chi connectivity index (χ4n) is 1.44. The molecule has 1 aromatic carbocycles. The second-order valence-electron chi connectivity index (χ2n) is 3.35. The molecule has 0 saturated carbocycles. The smallest absolute Gasteiger partial charge is 0.0393 e. The number of benzene rings is 1. The van der Waals surface area contributed by atoms with Gasteiger partial charge < -0.3 is 10.6 Å². The second-order valence-corrected chi connectivity index (χ2v) is 3.35. The first kappa shape index (κ1) is 10.1. The van der Waals surface area contributed by atoms with Gasteiger partial charge in [-0.15, -0.1) is 0 Å². The van der Waals surface area contributed by atoms with Crippen LogP contribution in [0.1, 0.15) is 12.0 Å². The van der Waals surface area contributed by atoms with Gasteiger partial charge in [0.25, 0.3) is 0 Å². The zero-order chi connectivity index (χ0) is 9.68. The molecule has 0 saturated heterocycles. The minimum Gasteiger partial charge on any atom is -0.374 e. The Kier molecular flexibility index (Phi) is 3.77.